The molecule has 0 fully saturated rings. The average molecular weight is 272 g/mol. The molecule has 6 heteroatoms. The minimum Gasteiger partial charge on any atom is -0.307 e. The van der Waals surface area contributed by atoms with Gasteiger partial charge in [-0.15, -0.1) is 11.3 Å². The quantitative estimate of drug-likeness (QED) is 0.868. The molecule has 0 aliphatic carbocycles. The van der Waals surface area contributed by atoms with Gasteiger partial charge in [-0.3, -0.25) is 0 Å². The highest BCUT2D eigenvalue weighted by Gasteiger charge is 2.19. The molecule has 0 amide bonds. The average Bonchev–Trinajstić information content (AvgIpc) is 2.73. The molecule has 1 aromatic carbocycles. The molecule has 1 unspecified atom stereocenters. The second kappa shape index (κ2) is 5.07. The Morgan fingerprint density at radius 3 is 2.28 bits per heavy atom. The number of thiazole rings is 1. The largest absolute Gasteiger partial charge is 0.307 e. The van der Waals surface area contributed by atoms with Crippen molar-refractivity contribution in [2.24, 2.45) is 0 Å². The smallest absolute Gasteiger partial charge is 0.194 e. The number of hydrogen-bond donors (Lipinski definition) is 1. The normalized spacial score (nSPS) is 12.7. The standard InChI is InChI=1S/C12H11F3N2S/c1-6-5-18-12(17-6)11(16-2)7-3-8(13)10(15)9(14)4-7/h3-5,11,16H,1-2H3. The van der Waals surface area contributed by atoms with Crippen LogP contribution in [0.2, 0.25) is 0 Å². The third-order valence-corrected chi connectivity index (χ3v) is 3.54. The number of aryl methyl sites for hydroxylation is 1. The number of nitrogens with one attached hydrogen (secondary N) is 1. The van der Waals surface area contributed by atoms with Gasteiger partial charge in [0.1, 0.15) is 5.01 Å². The van der Waals surface area contributed by atoms with Crippen LogP contribution in [0, 0.1) is 24.4 Å². The van der Waals surface area contributed by atoms with Gasteiger partial charge in [-0.1, -0.05) is 0 Å². The van der Waals surface area contributed by atoms with E-state index in [0.717, 1.165) is 17.8 Å². The fourth-order valence-corrected chi connectivity index (χ4v) is 2.61. The summed E-state index contributed by atoms with van der Waals surface area (Å²) in [6, 6.07) is 1.51. The topological polar surface area (TPSA) is 24.9 Å². The van der Waals surface area contributed by atoms with Crippen LogP contribution in [-0.4, -0.2) is 12.0 Å². The van der Waals surface area contributed by atoms with Gasteiger partial charge in [0.2, 0.25) is 0 Å². The van der Waals surface area contributed by atoms with E-state index in [1.165, 1.54) is 11.3 Å². The van der Waals surface area contributed by atoms with E-state index in [2.05, 4.69) is 10.3 Å². The first-order valence-electron chi connectivity index (χ1n) is 5.26. The molecular formula is C12H11F3N2S. The van der Waals surface area contributed by atoms with Gasteiger partial charge in [0.15, 0.2) is 17.5 Å². The van der Waals surface area contributed by atoms with Gasteiger partial charge in [-0.05, 0) is 31.7 Å². The number of hydrogen-bond acceptors (Lipinski definition) is 3. The summed E-state index contributed by atoms with van der Waals surface area (Å²) in [5.74, 6) is -3.85. The molecule has 0 aliphatic rings. The van der Waals surface area contributed by atoms with Crippen LogP contribution >= 0.6 is 11.3 Å². The van der Waals surface area contributed by atoms with Crippen LogP contribution in [0.3, 0.4) is 0 Å². The first-order chi connectivity index (χ1) is 8.52. The van der Waals surface area contributed by atoms with Crippen molar-refractivity contribution in [3.8, 4) is 0 Å². The third kappa shape index (κ3) is 2.39. The summed E-state index contributed by atoms with van der Waals surface area (Å²) in [5.41, 5.74) is 1.14. The molecule has 2 rings (SSSR count). The zero-order valence-electron chi connectivity index (χ0n) is 9.80. The molecule has 1 aromatic heterocycles. The first kappa shape index (κ1) is 13.0. The second-order valence-electron chi connectivity index (χ2n) is 3.85. The van der Waals surface area contributed by atoms with Gasteiger partial charge in [0.05, 0.1) is 6.04 Å². The van der Waals surface area contributed by atoms with Gasteiger partial charge in [0.25, 0.3) is 0 Å². The van der Waals surface area contributed by atoms with Crippen molar-refractivity contribution in [1.82, 2.24) is 10.3 Å². The number of benzene rings is 1. The van der Waals surface area contributed by atoms with Crippen molar-refractivity contribution in [2.45, 2.75) is 13.0 Å². The Hall–Kier alpha value is -1.40. The molecule has 1 N–H and O–H groups in total. The number of rotatable bonds is 3. The van der Waals surface area contributed by atoms with Crippen molar-refractivity contribution in [1.29, 1.82) is 0 Å². The van der Waals surface area contributed by atoms with E-state index < -0.39 is 23.5 Å². The highest BCUT2D eigenvalue weighted by molar-refractivity contribution is 7.09. The fraction of sp³-hybridized carbons (Fsp3) is 0.250. The predicted octanol–water partition coefficient (Wildman–Crippen LogP) is 3.18. The Bertz CT molecular complexity index is 545. The van der Waals surface area contributed by atoms with Crippen molar-refractivity contribution >= 4 is 11.3 Å². The molecular weight excluding hydrogens is 261 g/mol. The number of aromatic nitrogens is 1. The summed E-state index contributed by atoms with van der Waals surface area (Å²) < 4.78 is 39.3. The van der Waals surface area contributed by atoms with E-state index in [1.54, 1.807) is 7.05 Å². The molecule has 1 atom stereocenters. The SMILES string of the molecule is CNC(c1cc(F)c(F)c(F)c1)c1nc(C)cs1. The molecule has 0 saturated heterocycles. The summed E-state index contributed by atoms with van der Waals surface area (Å²) >= 11 is 1.38. The van der Waals surface area contributed by atoms with Crippen LogP contribution in [0.5, 0.6) is 0 Å². The van der Waals surface area contributed by atoms with Crippen molar-refractivity contribution < 1.29 is 13.2 Å². The molecule has 2 aromatic rings. The number of nitrogens with zero attached hydrogens (tertiary/aromatic N) is 1. The second-order valence-corrected chi connectivity index (χ2v) is 4.74. The maximum absolute atomic E-state index is 13.2. The molecule has 0 aliphatic heterocycles. The lowest BCUT2D eigenvalue weighted by atomic mass is 10.1. The summed E-state index contributed by atoms with van der Waals surface area (Å²) in [4.78, 5) is 4.26. The third-order valence-electron chi connectivity index (χ3n) is 2.51. The molecule has 0 spiro atoms. The van der Waals surface area contributed by atoms with Gasteiger partial charge in [-0.2, -0.15) is 0 Å². The molecule has 0 saturated carbocycles. The molecule has 0 radical (unpaired) electrons. The van der Waals surface area contributed by atoms with Gasteiger partial charge >= 0.3 is 0 Å². The van der Waals surface area contributed by atoms with Crippen LogP contribution < -0.4 is 5.32 Å². The maximum atomic E-state index is 13.2. The van der Waals surface area contributed by atoms with Gasteiger partial charge < -0.3 is 5.32 Å². The van der Waals surface area contributed by atoms with E-state index in [4.69, 9.17) is 0 Å². The lowest BCUT2D eigenvalue weighted by Gasteiger charge is -2.14. The van der Waals surface area contributed by atoms with E-state index in [9.17, 15) is 13.2 Å². The molecule has 2 nitrogen and oxygen atoms in total. The minimum absolute atomic E-state index is 0.309. The molecule has 1 heterocycles. The monoisotopic (exact) mass is 272 g/mol. The maximum Gasteiger partial charge on any atom is 0.194 e. The van der Waals surface area contributed by atoms with Crippen LogP contribution in [0.4, 0.5) is 13.2 Å². The van der Waals surface area contributed by atoms with Crippen LogP contribution in [0.15, 0.2) is 17.5 Å². The highest BCUT2D eigenvalue weighted by Crippen LogP contribution is 2.27. The van der Waals surface area contributed by atoms with Crippen molar-refractivity contribution in [3.63, 3.8) is 0 Å². The Labute approximate surface area is 106 Å². The van der Waals surface area contributed by atoms with Crippen LogP contribution in [0.1, 0.15) is 22.3 Å². The van der Waals surface area contributed by atoms with E-state index in [0.29, 0.717) is 10.6 Å². The molecule has 96 valence electrons. The zero-order chi connectivity index (χ0) is 13.3. The van der Waals surface area contributed by atoms with Crippen LogP contribution in [0.25, 0.3) is 0 Å². The predicted molar refractivity (Wildman–Crippen MR) is 64.1 cm³/mol. The fourth-order valence-electron chi connectivity index (χ4n) is 1.68. The van der Waals surface area contributed by atoms with E-state index >= 15 is 0 Å². The van der Waals surface area contributed by atoms with Crippen molar-refractivity contribution in [2.75, 3.05) is 7.05 Å². The van der Waals surface area contributed by atoms with Crippen molar-refractivity contribution in [3.05, 3.63) is 51.2 Å². The van der Waals surface area contributed by atoms with Crippen LogP contribution in [-0.2, 0) is 0 Å². The number of halogens is 3. The Morgan fingerprint density at radius 1 is 1.22 bits per heavy atom. The summed E-state index contributed by atoms with van der Waals surface area (Å²) in [6.07, 6.45) is 0. The Balaban J connectivity index is 2.45. The van der Waals surface area contributed by atoms with Gasteiger partial charge in [0, 0.05) is 11.1 Å². The first-order valence-corrected chi connectivity index (χ1v) is 6.14. The zero-order valence-corrected chi connectivity index (χ0v) is 10.6. The summed E-state index contributed by atoms with van der Waals surface area (Å²) in [5, 5.41) is 5.44. The van der Waals surface area contributed by atoms with Gasteiger partial charge in [-0.25, -0.2) is 18.2 Å². The summed E-state index contributed by atoms with van der Waals surface area (Å²) in [7, 11) is 1.65. The van der Waals surface area contributed by atoms with E-state index in [-0.39, 0.29) is 0 Å². The lowest BCUT2D eigenvalue weighted by Crippen LogP contribution is -2.18. The Morgan fingerprint density at radius 2 is 1.83 bits per heavy atom. The lowest BCUT2D eigenvalue weighted by molar-refractivity contribution is 0.443. The molecule has 18 heavy (non-hydrogen) atoms. The highest BCUT2D eigenvalue weighted by atomic mass is 32.1. The Kier molecular flexibility index (Phi) is 3.68. The minimum atomic E-state index is -1.45. The van der Waals surface area contributed by atoms with E-state index in [1.807, 2.05) is 12.3 Å². The summed E-state index contributed by atoms with van der Waals surface area (Å²) in [6.45, 7) is 1.83. The molecule has 0 bridgehead atoms.